The molecule has 7 heteroatoms. The van der Waals surface area contributed by atoms with Crippen molar-refractivity contribution in [2.75, 3.05) is 10.2 Å². The minimum atomic E-state index is -0.509. The number of imide groups is 1. The topological polar surface area (TPSA) is 92.6 Å². The number of carbonyl (C=O) groups is 2. The van der Waals surface area contributed by atoms with Gasteiger partial charge in [-0.3, -0.25) is 19.7 Å². The fourth-order valence-electron chi connectivity index (χ4n) is 3.48. The number of nitro benzene ring substituents is 1. The summed E-state index contributed by atoms with van der Waals surface area (Å²) in [6.07, 6.45) is 0. The van der Waals surface area contributed by atoms with Crippen LogP contribution in [-0.4, -0.2) is 16.7 Å². The van der Waals surface area contributed by atoms with Crippen molar-refractivity contribution in [2.45, 2.75) is 13.8 Å². The van der Waals surface area contributed by atoms with Crippen LogP contribution in [0, 0.1) is 24.0 Å². The molecule has 0 saturated heterocycles. The number of rotatable bonds is 5. The molecule has 7 nitrogen and oxygen atoms in total. The van der Waals surface area contributed by atoms with Crippen LogP contribution in [0.25, 0.3) is 5.57 Å². The zero-order valence-corrected chi connectivity index (χ0v) is 17.0. The van der Waals surface area contributed by atoms with E-state index in [0.29, 0.717) is 16.9 Å². The highest BCUT2D eigenvalue weighted by Crippen LogP contribution is 2.35. The summed E-state index contributed by atoms with van der Waals surface area (Å²) in [6.45, 7) is 3.78. The molecule has 0 atom stereocenters. The first kappa shape index (κ1) is 20.0. The van der Waals surface area contributed by atoms with Gasteiger partial charge in [0, 0.05) is 17.8 Å². The molecule has 0 saturated carbocycles. The second-order valence-electron chi connectivity index (χ2n) is 7.28. The predicted octanol–water partition coefficient (Wildman–Crippen LogP) is 4.61. The second kappa shape index (κ2) is 7.87. The summed E-state index contributed by atoms with van der Waals surface area (Å²) >= 11 is 0. The summed E-state index contributed by atoms with van der Waals surface area (Å²) in [4.78, 5) is 38.4. The van der Waals surface area contributed by atoms with Crippen molar-refractivity contribution in [1.29, 1.82) is 0 Å². The lowest BCUT2D eigenvalue weighted by Gasteiger charge is -2.17. The average molecular weight is 413 g/mol. The van der Waals surface area contributed by atoms with Gasteiger partial charge >= 0.3 is 0 Å². The van der Waals surface area contributed by atoms with Gasteiger partial charge in [-0.15, -0.1) is 0 Å². The Labute approximate surface area is 178 Å². The van der Waals surface area contributed by atoms with E-state index in [2.05, 4.69) is 5.32 Å². The number of hydrogen-bond acceptors (Lipinski definition) is 5. The van der Waals surface area contributed by atoms with Crippen LogP contribution in [0.2, 0.25) is 0 Å². The maximum absolute atomic E-state index is 13.4. The molecule has 0 radical (unpaired) electrons. The van der Waals surface area contributed by atoms with Gasteiger partial charge in [0.15, 0.2) is 0 Å². The molecular weight excluding hydrogens is 394 g/mol. The number of hydrogen-bond donors (Lipinski definition) is 1. The van der Waals surface area contributed by atoms with Crippen LogP contribution >= 0.6 is 0 Å². The van der Waals surface area contributed by atoms with Gasteiger partial charge in [0.2, 0.25) is 0 Å². The molecular formula is C24H19N3O4. The molecule has 31 heavy (non-hydrogen) atoms. The van der Waals surface area contributed by atoms with E-state index in [9.17, 15) is 19.7 Å². The molecule has 0 spiro atoms. The molecule has 1 aliphatic rings. The molecule has 0 aliphatic carbocycles. The Morgan fingerprint density at radius 3 is 2.10 bits per heavy atom. The first-order valence-electron chi connectivity index (χ1n) is 9.64. The molecule has 3 aromatic rings. The van der Waals surface area contributed by atoms with Crippen LogP contribution in [0.3, 0.4) is 0 Å². The summed E-state index contributed by atoms with van der Waals surface area (Å²) < 4.78 is 0. The third kappa shape index (κ3) is 3.69. The van der Waals surface area contributed by atoms with E-state index in [-0.39, 0.29) is 17.0 Å². The molecule has 0 fully saturated rings. The monoisotopic (exact) mass is 413 g/mol. The highest BCUT2D eigenvalue weighted by molar-refractivity contribution is 6.46. The molecule has 0 bridgehead atoms. The molecule has 4 rings (SSSR count). The standard InChI is InChI=1S/C24H19N3O4/c1-15-7-11-18(12-8-15)25-22-21(17-9-13-19(14-10-17)27(30)31)23(28)26(24(22)29)20-6-4-3-5-16(20)2/h3-14,25H,1-2H3. The Kier molecular flexibility index (Phi) is 5.09. The minimum Gasteiger partial charge on any atom is -0.350 e. The first-order chi connectivity index (χ1) is 14.9. The number of benzene rings is 3. The average Bonchev–Trinajstić information content (AvgIpc) is 3.00. The van der Waals surface area contributed by atoms with Crippen molar-refractivity contribution in [3.05, 3.63) is 105 Å². The molecule has 0 aromatic heterocycles. The van der Waals surface area contributed by atoms with E-state index >= 15 is 0 Å². The van der Waals surface area contributed by atoms with Crippen LogP contribution in [0.4, 0.5) is 17.1 Å². The number of para-hydroxylation sites is 1. The van der Waals surface area contributed by atoms with Crippen molar-refractivity contribution in [2.24, 2.45) is 0 Å². The number of nitrogens with zero attached hydrogens (tertiary/aromatic N) is 2. The number of nitro groups is 1. The minimum absolute atomic E-state index is 0.0927. The summed E-state index contributed by atoms with van der Waals surface area (Å²) in [5.74, 6) is -0.962. The Balaban J connectivity index is 1.83. The Hall–Kier alpha value is -4.26. The lowest BCUT2D eigenvalue weighted by Crippen LogP contribution is -2.33. The van der Waals surface area contributed by atoms with Crippen molar-refractivity contribution in [3.63, 3.8) is 0 Å². The normalized spacial score (nSPS) is 13.7. The predicted molar refractivity (Wildman–Crippen MR) is 118 cm³/mol. The van der Waals surface area contributed by atoms with Crippen LogP contribution in [0.15, 0.2) is 78.5 Å². The van der Waals surface area contributed by atoms with E-state index in [0.717, 1.165) is 16.0 Å². The van der Waals surface area contributed by atoms with Gasteiger partial charge in [0.05, 0.1) is 16.2 Å². The Morgan fingerprint density at radius 1 is 0.839 bits per heavy atom. The number of aryl methyl sites for hydroxylation is 2. The molecule has 154 valence electrons. The van der Waals surface area contributed by atoms with E-state index in [1.807, 2.05) is 50.2 Å². The SMILES string of the molecule is Cc1ccc(NC2=C(c3ccc([N+](=O)[O-])cc3)C(=O)N(c3ccccc3C)C2=O)cc1. The van der Waals surface area contributed by atoms with Crippen molar-refractivity contribution in [1.82, 2.24) is 0 Å². The quantitative estimate of drug-likeness (QED) is 0.375. The fourth-order valence-corrected chi connectivity index (χ4v) is 3.48. The lowest BCUT2D eigenvalue weighted by atomic mass is 10.0. The third-order valence-corrected chi connectivity index (χ3v) is 5.13. The fraction of sp³-hybridized carbons (Fsp3) is 0.0833. The van der Waals surface area contributed by atoms with Crippen LogP contribution in [0.5, 0.6) is 0 Å². The van der Waals surface area contributed by atoms with Gasteiger partial charge in [0.1, 0.15) is 5.70 Å². The molecule has 1 heterocycles. The third-order valence-electron chi connectivity index (χ3n) is 5.13. The zero-order chi connectivity index (χ0) is 22.1. The van der Waals surface area contributed by atoms with E-state index < -0.39 is 16.7 Å². The molecule has 2 amide bonds. The highest BCUT2D eigenvalue weighted by Gasteiger charge is 2.40. The maximum atomic E-state index is 13.4. The maximum Gasteiger partial charge on any atom is 0.282 e. The molecule has 0 unspecified atom stereocenters. The van der Waals surface area contributed by atoms with E-state index in [4.69, 9.17) is 0 Å². The zero-order valence-electron chi connectivity index (χ0n) is 17.0. The van der Waals surface area contributed by atoms with Crippen LogP contribution in [0.1, 0.15) is 16.7 Å². The second-order valence-corrected chi connectivity index (χ2v) is 7.28. The lowest BCUT2D eigenvalue weighted by molar-refractivity contribution is -0.384. The van der Waals surface area contributed by atoms with E-state index in [1.165, 1.54) is 24.3 Å². The Morgan fingerprint density at radius 2 is 1.48 bits per heavy atom. The van der Waals surface area contributed by atoms with Crippen molar-refractivity contribution >= 4 is 34.4 Å². The van der Waals surface area contributed by atoms with E-state index in [1.54, 1.807) is 12.1 Å². The number of anilines is 2. The van der Waals surface area contributed by atoms with Crippen LogP contribution in [-0.2, 0) is 9.59 Å². The molecule has 3 aromatic carbocycles. The van der Waals surface area contributed by atoms with Gasteiger partial charge in [-0.25, -0.2) is 4.90 Å². The van der Waals surface area contributed by atoms with Crippen molar-refractivity contribution in [3.8, 4) is 0 Å². The number of amides is 2. The number of nitrogens with one attached hydrogen (secondary N) is 1. The highest BCUT2D eigenvalue weighted by atomic mass is 16.6. The van der Waals surface area contributed by atoms with Crippen LogP contribution < -0.4 is 10.2 Å². The summed E-state index contributed by atoms with van der Waals surface area (Å²) in [5, 5.41) is 14.1. The molecule has 1 aliphatic heterocycles. The summed E-state index contributed by atoms with van der Waals surface area (Å²) in [6, 6.07) is 20.2. The smallest absolute Gasteiger partial charge is 0.282 e. The summed E-state index contributed by atoms with van der Waals surface area (Å²) in [7, 11) is 0. The Bertz CT molecular complexity index is 1230. The van der Waals surface area contributed by atoms with Gasteiger partial charge in [0.25, 0.3) is 17.5 Å². The summed E-state index contributed by atoms with van der Waals surface area (Å²) in [5.41, 5.74) is 3.63. The van der Waals surface area contributed by atoms with Gasteiger partial charge in [-0.1, -0.05) is 35.9 Å². The number of non-ortho nitro benzene ring substituents is 1. The largest absolute Gasteiger partial charge is 0.350 e. The molecule has 1 N–H and O–H groups in total. The first-order valence-corrected chi connectivity index (χ1v) is 9.64. The number of carbonyl (C=O) groups excluding carboxylic acids is 2. The van der Waals surface area contributed by atoms with Crippen molar-refractivity contribution < 1.29 is 14.5 Å². The van der Waals surface area contributed by atoms with Gasteiger partial charge in [-0.05, 0) is 55.3 Å². The van der Waals surface area contributed by atoms with Gasteiger partial charge in [-0.2, -0.15) is 0 Å². The van der Waals surface area contributed by atoms with Gasteiger partial charge < -0.3 is 5.32 Å².